The van der Waals surface area contributed by atoms with Crippen molar-refractivity contribution >= 4 is 11.6 Å². The van der Waals surface area contributed by atoms with E-state index >= 15 is 0 Å². The van der Waals surface area contributed by atoms with Crippen molar-refractivity contribution in [2.45, 2.75) is 26.3 Å². The molecule has 1 aromatic carbocycles. The molecule has 0 fully saturated rings. The second-order valence-corrected chi connectivity index (χ2v) is 4.33. The first-order chi connectivity index (χ1) is 8.06. The molecule has 0 aliphatic rings. The van der Waals surface area contributed by atoms with Gasteiger partial charge in [-0.05, 0) is 38.1 Å². The standard InChI is InChI=1S/C13H17ClN2O/c1-8-7-11(17-4)12(9(2)13(8)14)10(16-3)5-6-15/h7,10,16H,5H2,1-4H3. The van der Waals surface area contributed by atoms with Crippen LogP contribution >= 0.6 is 11.6 Å². The van der Waals surface area contributed by atoms with Crippen LogP contribution in [0.5, 0.6) is 5.75 Å². The zero-order chi connectivity index (χ0) is 13.0. The molecule has 0 heterocycles. The van der Waals surface area contributed by atoms with E-state index in [1.165, 1.54) is 0 Å². The molecule has 0 saturated carbocycles. The molecule has 17 heavy (non-hydrogen) atoms. The number of nitriles is 1. The highest BCUT2D eigenvalue weighted by Crippen LogP contribution is 2.36. The molecule has 0 aliphatic heterocycles. The molecule has 1 atom stereocenters. The Morgan fingerprint density at radius 1 is 1.53 bits per heavy atom. The maximum absolute atomic E-state index is 8.84. The maximum atomic E-state index is 8.84. The first-order valence-corrected chi connectivity index (χ1v) is 5.82. The van der Waals surface area contributed by atoms with E-state index in [2.05, 4.69) is 11.4 Å². The monoisotopic (exact) mass is 252 g/mol. The molecule has 0 amide bonds. The van der Waals surface area contributed by atoms with Gasteiger partial charge in [0, 0.05) is 16.6 Å². The largest absolute Gasteiger partial charge is 0.496 e. The van der Waals surface area contributed by atoms with Crippen molar-refractivity contribution in [2.75, 3.05) is 14.2 Å². The molecule has 3 nitrogen and oxygen atoms in total. The van der Waals surface area contributed by atoms with Crippen molar-refractivity contribution in [3.05, 3.63) is 27.8 Å². The number of hydrogen-bond donors (Lipinski definition) is 1. The zero-order valence-electron chi connectivity index (χ0n) is 10.6. The fraction of sp³-hybridized carbons (Fsp3) is 0.462. The van der Waals surface area contributed by atoms with Gasteiger partial charge in [-0.25, -0.2) is 0 Å². The minimum absolute atomic E-state index is 0.0620. The van der Waals surface area contributed by atoms with Crippen LogP contribution in [-0.2, 0) is 0 Å². The highest BCUT2D eigenvalue weighted by atomic mass is 35.5. The van der Waals surface area contributed by atoms with Crippen molar-refractivity contribution in [1.29, 1.82) is 5.26 Å². The van der Waals surface area contributed by atoms with Gasteiger partial charge in [-0.15, -0.1) is 0 Å². The third-order valence-corrected chi connectivity index (χ3v) is 3.49. The summed E-state index contributed by atoms with van der Waals surface area (Å²) in [6, 6.07) is 4.02. The van der Waals surface area contributed by atoms with Crippen molar-refractivity contribution < 1.29 is 4.74 Å². The number of rotatable bonds is 4. The molecule has 92 valence electrons. The van der Waals surface area contributed by atoms with Gasteiger partial charge >= 0.3 is 0 Å². The highest BCUT2D eigenvalue weighted by molar-refractivity contribution is 6.32. The van der Waals surface area contributed by atoms with Crippen LogP contribution < -0.4 is 10.1 Å². The summed E-state index contributed by atoms with van der Waals surface area (Å²) in [6.07, 6.45) is 0.382. The summed E-state index contributed by atoms with van der Waals surface area (Å²) in [7, 11) is 3.46. The lowest BCUT2D eigenvalue weighted by molar-refractivity contribution is 0.401. The lowest BCUT2D eigenvalue weighted by Gasteiger charge is -2.21. The van der Waals surface area contributed by atoms with Crippen LogP contribution in [0.2, 0.25) is 5.02 Å². The van der Waals surface area contributed by atoms with Crippen molar-refractivity contribution in [1.82, 2.24) is 5.32 Å². The Labute approximate surface area is 107 Å². The molecule has 0 spiro atoms. The van der Waals surface area contributed by atoms with Crippen LogP contribution in [0.4, 0.5) is 0 Å². The Morgan fingerprint density at radius 3 is 2.65 bits per heavy atom. The third-order valence-electron chi connectivity index (χ3n) is 2.90. The Morgan fingerprint density at radius 2 is 2.18 bits per heavy atom. The van der Waals surface area contributed by atoms with Crippen molar-refractivity contribution in [3.8, 4) is 11.8 Å². The van der Waals surface area contributed by atoms with Crippen molar-refractivity contribution in [2.24, 2.45) is 0 Å². The van der Waals surface area contributed by atoms with Crippen LogP contribution in [0.3, 0.4) is 0 Å². The molecule has 0 radical (unpaired) electrons. The molecular formula is C13H17ClN2O. The topological polar surface area (TPSA) is 45.0 Å². The normalized spacial score (nSPS) is 12.0. The second kappa shape index (κ2) is 5.90. The summed E-state index contributed by atoms with van der Waals surface area (Å²) in [4.78, 5) is 0. The molecular weight excluding hydrogens is 236 g/mol. The Balaban J connectivity index is 3.39. The Bertz CT molecular complexity index is 452. The lowest BCUT2D eigenvalue weighted by Crippen LogP contribution is -2.18. The smallest absolute Gasteiger partial charge is 0.124 e. The van der Waals surface area contributed by atoms with E-state index in [0.717, 1.165) is 27.5 Å². The van der Waals surface area contributed by atoms with Gasteiger partial charge in [0.15, 0.2) is 0 Å². The number of benzene rings is 1. The van der Waals surface area contributed by atoms with Gasteiger partial charge in [-0.2, -0.15) is 5.26 Å². The number of halogens is 1. The lowest BCUT2D eigenvalue weighted by atomic mass is 9.96. The van der Waals surface area contributed by atoms with Crippen LogP contribution in [0.15, 0.2) is 6.07 Å². The SMILES string of the molecule is CNC(CC#N)c1c(OC)cc(C)c(Cl)c1C. The molecule has 0 saturated heterocycles. The Kier molecular flexibility index (Phi) is 4.80. The number of aryl methyl sites for hydroxylation is 1. The third kappa shape index (κ3) is 2.71. The minimum atomic E-state index is -0.0620. The first kappa shape index (κ1) is 13.8. The molecule has 0 aromatic heterocycles. The first-order valence-electron chi connectivity index (χ1n) is 5.44. The number of ether oxygens (including phenoxy) is 1. The summed E-state index contributed by atoms with van der Waals surface area (Å²) in [5.41, 5.74) is 2.92. The summed E-state index contributed by atoms with van der Waals surface area (Å²) in [5, 5.41) is 12.7. The van der Waals surface area contributed by atoms with E-state index < -0.39 is 0 Å². The van der Waals surface area contributed by atoms with E-state index in [0.29, 0.717) is 6.42 Å². The van der Waals surface area contributed by atoms with Crippen molar-refractivity contribution in [3.63, 3.8) is 0 Å². The van der Waals surface area contributed by atoms with Gasteiger partial charge in [0.1, 0.15) is 5.75 Å². The van der Waals surface area contributed by atoms with Gasteiger partial charge in [0.25, 0.3) is 0 Å². The van der Waals surface area contributed by atoms with Gasteiger partial charge in [0.05, 0.1) is 19.6 Å². The van der Waals surface area contributed by atoms with E-state index in [4.69, 9.17) is 21.6 Å². The molecule has 0 aliphatic carbocycles. The maximum Gasteiger partial charge on any atom is 0.124 e. The average molecular weight is 253 g/mol. The van der Waals surface area contributed by atoms with Crippen LogP contribution in [0.25, 0.3) is 0 Å². The van der Waals surface area contributed by atoms with Gasteiger partial charge in [-0.3, -0.25) is 0 Å². The predicted molar refractivity (Wildman–Crippen MR) is 69.5 cm³/mol. The predicted octanol–water partition coefficient (Wildman–Crippen LogP) is 3.14. The summed E-state index contributed by atoms with van der Waals surface area (Å²) < 4.78 is 5.38. The number of nitrogens with zero attached hydrogens (tertiary/aromatic N) is 1. The molecule has 1 rings (SSSR count). The summed E-state index contributed by atoms with van der Waals surface area (Å²) in [5.74, 6) is 0.777. The van der Waals surface area contributed by atoms with Crippen LogP contribution in [0, 0.1) is 25.2 Å². The molecule has 1 N–H and O–H groups in total. The zero-order valence-corrected chi connectivity index (χ0v) is 11.4. The Hall–Kier alpha value is -1.24. The fourth-order valence-corrected chi connectivity index (χ4v) is 2.13. The molecule has 1 unspecified atom stereocenters. The van der Waals surface area contributed by atoms with Gasteiger partial charge in [0.2, 0.25) is 0 Å². The summed E-state index contributed by atoms with van der Waals surface area (Å²) >= 11 is 6.25. The average Bonchev–Trinajstić information content (AvgIpc) is 2.33. The fourth-order valence-electron chi connectivity index (χ4n) is 1.98. The number of nitrogens with one attached hydrogen (secondary N) is 1. The van der Waals surface area contributed by atoms with Crippen LogP contribution in [0.1, 0.15) is 29.2 Å². The number of hydrogen-bond acceptors (Lipinski definition) is 3. The van der Waals surface area contributed by atoms with Gasteiger partial charge in [-0.1, -0.05) is 11.6 Å². The highest BCUT2D eigenvalue weighted by Gasteiger charge is 2.20. The quantitative estimate of drug-likeness (QED) is 0.895. The second-order valence-electron chi connectivity index (χ2n) is 3.95. The van der Waals surface area contributed by atoms with E-state index in [1.54, 1.807) is 7.11 Å². The molecule has 0 bridgehead atoms. The number of methoxy groups -OCH3 is 1. The molecule has 1 aromatic rings. The van der Waals surface area contributed by atoms with Gasteiger partial charge < -0.3 is 10.1 Å². The summed E-state index contributed by atoms with van der Waals surface area (Å²) in [6.45, 7) is 3.90. The van der Waals surface area contributed by atoms with E-state index in [9.17, 15) is 0 Å². The molecule has 4 heteroatoms. The van der Waals surface area contributed by atoms with E-state index in [-0.39, 0.29) is 6.04 Å². The minimum Gasteiger partial charge on any atom is -0.496 e. The van der Waals surface area contributed by atoms with E-state index in [1.807, 2.05) is 27.0 Å². The van der Waals surface area contributed by atoms with Crippen LogP contribution in [-0.4, -0.2) is 14.2 Å².